The van der Waals surface area contributed by atoms with Gasteiger partial charge in [-0.2, -0.15) is 11.3 Å². The van der Waals surface area contributed by atoms with Crippen molar-refractivity contribution in [3.63, 3.8) is 0 Å². The van der Waals surface area contributed by atoms with Gasteiger partial charge in [0.25, 0.3) is 0 Å². The lowest BCUT2D eigenvalue weighted by molar-refractivity contribution is 0.250. The Balaban J connectivity index is 2.18. The Bertz CT molecular complexity index is 443. The van der Waals surface area contributed by atoms with Crippen LogP contribution in [0.1, 0.15) is 11.1 Å². The van der Waals surface area contributed by atoms with E-state index in [9.17, 15) is 5.11 Å². The molecule has 0 aliphatic heterocycles. The van der Waals surface area contributed by atoms with Crippen molar-refractivity contribution < 1.29 is 14.6 Å². The van der Waals surface area contributed by atoms with Gasteiger partial charge < -0.3 is 14.6 Å². The van der Waals surface area contributed by atoms with E-state index in [-0.39, 0.29) is 6.61 Å². The molecule has 1 heterocycles. The van der Waals surface area contributed by atoms with Gasteiger partial charge in [0.2, 0.25) is 0 Å². The van der Waals surface area contributed by atoms with Gasteiger partial charge in [0, 0.05) is 5.56 Å². The highest BCUT2D eigenvalue weighted by Gasteiger charge is 2.09. The van der Waals surface area contributed by atoms with Gasteiger partial charge in [-0.05, 0) is 28.5 Å². The molecule has 0 unspecified atom stereocenters. The fraction of sp³-hybridized carbons (Fsp3) is 0.231. The predicted molar refractivity (Wildman–Crippen MR) is 67.6 cm³/mol. The van der Waals surface area contributed by atoms with Crippen molar-refractivity contribution in [3.8, 4) is 11.5 Å². The molecule has 0 radical (unpaired) electrons. The summed E-state index contributed by atoms with van der Waals surface area (Å²) in [7, 11) is 1.59. The monoisotopic (exact) mass is 250 g/mol. The number of para-hydroxylation sites is 1. The van der Waals surface area contributed by atoms with Crippen LogP contribution in [0.5, 0.6) is 11.5 Å². The number of hydrogen-bond donors (Lipinski definition) is 1. The molecule has 2 rings (SSSR count). The fourth-order valence-corrected chi connectivity index (χ4v) is 2.19. The van der Waals surface area contributed by atoms with E-state index in [1.54, 1.807) is 18.4 Å². The summed E-state index contributed by atoms with van der Waals surface area (Å²) in [5.74, 6) is 1.26. The van der Waals surface area contributed by atoms with E-state index in [0.29, 0.717) is 18.1 Å². The fourth-order valence-electron chi connectivity index (χ4n) is 1.54. The molecular weight excluding hydrogens is 236 g/mol. The van der Waals surface area contributed by atoms with E-state index in [4.69, 9.17) is 9.47 Å². The Morgan fingerprint density at radius 1 is 1.29 bits per heavy atom. The number of aliphatic hydroxyl groups excluding tert-OH is 1. The Morgan fingerprint density at radius 2 is 2.18 bits per heavy atom. The van der Waals surface area contributed by atoms with Gasteiger partial charge >= 0.3 is 0 Å². The molecule has 2 aromatic rings. The van der Waals surface area contributed by atoms with Crippen molar-refractivity contribution in [1.29, 1.82) is 0 Å². The molecule has 17 heavy (non-hydrogen) atoms. The summed E-state index contributed by atoms with van der Waals surface area (Å²) in [6, 6.07) is 7.49. The minimum atomic E-state index is -0.0594. The van der Waals surface area contributed by atoms with E-state index in [0.717, 1.165) is 11.1 Å². The predicted octanol–water partition coefficient (Wildman–Crippen LogP) is 2.83. The van der Waals surface area contributed by atoms with Crippen LogP contribution in [0.25, 0.3) is 0 Å². The Hall–Kier alpha value is -1.52. The number of aliphatic hydroxyl groups is 1. The second-order valence-corrected chi connectivity index (χ2v) is 4.31. The normalized spacial score (nSPS) is 10.2. The first-order valence-electron chi connectivity index (χ1n) is 5.25. The molecule has 1 N–H and O–H groups in total. The zero-order chi connectivity index (χ0) is 12.1. The third kappa shape index (κ3) is 2.78. The molecule has 0 aliphatic carbocycles. The first-order chi connectivity index (χ1) is 8.35. The van der Waals surface area contributed by atoms with Crippen LogP contribution in [0.4, 0.5) is 0 Å². The first kappa shape index (κ1) is 12.0. The number of benzene rings is 1. The van der Waals surface area contributed by atoms with Crippen LogP contribution in [0, 0.1) is 0 Å². The topological polar surface area (TPSA) is 38.7 Å². The maximum absolute atomic E-state index is 9.26. The van der Waals surface area contributed by atoms with Gasteiger partial charge in [-0.15, -0.1) is 0 Å². The summed E-state index contributed by atoms with van der Waals surface area (Å²) in [4.78, 5) is 0. The van der Waals surface area contributed by atoms with Crippen LogP contribution in [0.15, 0.2) is 35.0 Å². The largest absolute Gasteiger partial charge is 0.493 e. The lowest BCUT2D eigenvalue weighted by Crippen LogP contribution is -2.00. The van der Waals surface area contributed by atoms with Crippen molar-refractivity contribution in [1.82, 2.24) is 0 Å². The van der Waals surface area contributed by atoms with Gasteiger partial charge in [0.1, 0.15) is 6.61 Å². The van der Waals surface area contributed by atoms with Crippen LogP contribution >= 0.6 is 11.3 Å². The summed E-state index contributed by atoms with van der Waals surface area (Å²) < 4.78 is 10.9. The maximum atomic E-state index is 9.26. The van der Waals surface area contributed by atoms with E-state index < -0.39 is 0 Å². The lowest BCUT2D eigenvalue weighted by Gasteiger charge is -2.13. The summed E-state index contributed by atoms with van der Waals surface area (Å²) >= 11 is 1.63. The van der Waals surface area contributed by atoms with E-state index >= 15 is 0 Å². The quantitative estimate of drug-likeness (QED) is 0.886. The molecule has 0 spiro atoms. The second-order valence-electron chi connectivity index (χ2n) is 3.53. The third-order valence-electron chi connectivity index (χ3n) is 2.41. The minimum Gasteiger partial charge on any atom is -0.493 e. The highest BCUT2D eigenvalue weighted by Crippen LogP contribution is 2.31. The third-order valence-corrected chi connectivity index (χ3v) is 3.15. The van der Waals surface area contributed by atoms with Crippen LogP contribution in [-0.4, -0.2) is 12.2 Å². The zero-order valence-electron chi connectivity index (χ0n) is 9.55. The molecule has 3 nitrogen and oxygen atoms in total. The van der Waals surface area contributed by atoms with Crippen molar-refractivity contribution >= 4 is 11.3 Å². The van der Waals surface area contributed by atoms with Crippen molar-refractivity contribution in [2.45, 2.75) is 13.2 Å². The molecule has 1 aromatic heterocycles. The molecule has 0 bridgehead atoms. The molecule has 1 aromatic carbocycles. The lowest BCUT2D eigenvalue weighted by atomic mass is 10.2. The molecule has 4 heteroatoms. The number of thiophene rings is 1. The molecule has 0 fully saturated rings. The molecule has 0 atom stereocenters. The molecular formula is C13H14O3S. The standard InChI is InChI=1S/C13H14O3S/c1-15-12-4-2-3-11(7-14)13(12)16-8-10-5-6-17-9-10/h2-6,9,14H,7-8H2,1H3. The molecule has 0 saturated carbocycles. The Kier molecular flexibility index (Phi) is 4.01. The highest BCUT2D eigenvalue weighted by molar-refractivity contribution is 7.07. The zero-order valence-corrected chi connectivity index (χ0v) is 10.4. The van der Waals surface area contributed by atoms with Crippen LogP contribution in [-0.2, 0) is 13.2 Å². The molecule has 0 amide bonds. The average molecular weight is 250 g/mol. The number of rotatable bonds is 5. The summed E-state index contributed by atoms with van der Waals surface area (Å²) in [5, 5.41) is 13.3. The van der Waals surface area contributed by atoms with Gasteiger partial charge in [0.15, 0.2) is 11.5 Å². The van der Waals surface area contributed by atoms with E-state index in [1.165, 1.54) is 0 Å². The second kappa shape index (κ2) is 5.70. The van der Waals surface area contributed by atoms with E-state index in [2.05, 4.69) is 0 Å². The maximum Gasteiger partial charge on any atom is 0.167 e. The van der Waals surface area contributed by atoms with Gasteiger partial charge in [-0.3, -0.25) is 0 Å². The SMILES string of the molecule is COc1cccc(CO)c1OCc1ccsc1. The van der Waals surface area contributed by atoms with Gasteiger partial charge in [-0.1, -0.05) is 12.1 Å². The van der Waals surface area contributed by atoms with Crippen LogP contribution in [0.2, 0.25) is 0 Å². The van der Waals surface area contributed by atoms with Gasteiger partial charge in [-0.25, -0.2) is 0 Å². The highest BCUT2D eigenvalue weighted by atomic mass is 32.1. The molecule has 0 aliphatic rings. The minimum absolute atomic E-state index is 0.0594. The average Bonchev–Trinajstić information content (AvgIpc) is 2.88. The van der Waals surface area contributed by atoms with Crippen LogP contribution < -0.4 is 9.47 Å². The Morgan fingerprint density at radius 3 is 2.82 bits per heavy atom. The molecule has 0 saturated heterocycles. The van der Waals surface area contributed by atoms with Crippen molar-refractivity contribution in [2.75, 3.05) is 7.11 Å². The summed E-state index contributed by atoms with van der Waals surface area (Å²) in [6.45, 7) is 0.424. The summed E-state index contributed by atoms with van der Waals surface area (Å²) in [5.41, 5.74) is 1.85. The number of methoxy groups -OCH3 is 1. The van der Waals surface area contributed by atoms with Crippen molar-refractivity contribution in [2.24, 2.45) is 0 Å². The van der Waals surface area contributed by atoms with E-state index in [1.807, 2.05) is 35.0 Å². The van der Waals surface area contributed by atoms with Crippen molar-refractivity contribution in [3.05, 3.63) is 46.2 Å². The smallest absolute Gasteiger partial charge is 0.167 e. The molecule has 90 valence electrons. The first-order valence-corrected chi connectivity index (χ1v) is 6.20. The van der Waals surface area contributed by atoms with Crippen LogP contribution in [0.3, 0.4) is 0 Å². The van der Waals surface area contributed by atoms with Gasteiger partial charge in [0.05, 0.1) is 13.7 Å². The number of hydrogen-bond acceptors (Lipinski definition) is 4. The Labute approximate surface area is 104 Å². The number of ether oxygens (including phenoxy) is 2. The summed E-state index contributed by atoms with van der Waals surface area (Å²) in [6.07, 6.45) is 0.